The lowest BCUT2D eigenvalue weighted by Gasteiger charge is -2.33. The SMILES string of the molecule is Cc1c(-c2cnc3oc4ccccc4c3c2)c(C)[n+]2n1-c1cccc3c1C21c2c(ccc4c5ccccc5n(c24)-c2cccc[n+]21)O3. The highest BCUT2D eigenvalue weighted by molar-refractivity contribution is 6.11. The van der Waals surface area contributed by atoms with Gasteiger partial charge in [-0.3, -0.25) is 0 Å². The molecule has 0 fully saturated rings. The van der Waals surface area contributed by atoms with E-state index in [-0.39, 0.29) is 0 Å². The fourth-order valence-electron chi connectivity index (χ4n) is 9.13. The quantitative estimate of drug-likeness (QED) is 0.179. The van der Waals surface area contributed by atoms with E-state index in [9.17, 15) is 0 Å². The van der Waals surface area contributed by atoms with E-state index >= 15 is 0 Å². The van der Waals surface area contributed by atoms with Gasteiger partial charge < -0.3 is 9.15 Å². The van der Waals surface area contributed by atoms with Crippen LogP contribution in [0.5, 0.6) is 11.5 Å². The van der Waals surface area contributed by atoms with Crippen LogP contribution in [0.3, 0.4) is 0 Å². The number of furan rings is 1. The molecule has 12 rings (SSSR count). The van der Waals surface area contributed by atoms with Crippen molar-refractivity contribution < 1.29 is 18.4 Å². The van der Waals surface area contributed by atoms with Gasteiger partial charge >= 0.3 is 5.66 Å². The summed E-state index contributed by atoms with van der Waals surface area (Å²) in [6.45, 7) is 4.47. The monoisotopic (exact) mass is 607 g/mol. The smallest absolute Gasteiger partial charge is 0.397 e. The minimum absolute atomic E-state index is 0.656. The highest BCUT2D eigenvalue weighted by Gasteiger charge is 2.69. The Bertz CT molecular complexity index is 2930. The van der Waals surface area contributed by atoms with Crippen molar-refractivity contribution in [1.29, 1.82) is 0 Å². The number of hydrogen-bond donors (Lipinski definition) is 0. The fourth-order valence-corrected chi connectivity index (χ4v) is 9.13. The minimum atomic E-state index is -0.729. The van der Waals surface area contributed by atoms with Crippen LogP contribution in [0.25, 0.3) is 66.5 Å². The molecule has 1 spiro atoms. The average Bonchev–Trinajstić information content (AvgIpc) is 3.81. The van der Waals surface area contributed by atoms with E-state index < -0.39 is 5.66 Å². The van der Waals surface area contributed by atoms with Crippen LogP contribution in [0.15, 0.2) is 120 Å². The Labute approximate surface area is 267 Å². The molecule has 0 bridgehead atoms. The van der Waals surface area contributed by atoms with E-state index in [1.165, 1.54) is 27.4 Å². The summed E-state index contributed by atoms with van der Waals surface area (Å²) in [7, 11) is 0. The predicted octanol–water partition coefficient (Wildman–Crippen LogP) is 7.76. The standard InChI is InChI=1S/C40H25N5O2/c1-22-35(24-20-28-26-11-4-6-14-31(26)47-39(28)41-21-24)23(2)45-40-36-30(44(22)45)13-9-15-32(36)46-33-18-17-27-25-10-3-5-12-29(25)43(38(27)37(33)40)34-16-7-8-19-42(34)40/h3-21H,1-2H3/q+2. The van der Waals surface area contributed by atoms with Gasteiger partial charge in [0.1, 0.15) is 33.8 Å². The Morgan fingerprint density at radius 3 is 2.51 bits per heavy atom. The summed E-state index contributed by atoms with van der Waals surface area (Å²) in [5.41, 5.74) is 11.1. The molecule has 3 aliphatic rings. The van der Waals surface area contributed by atoms with Crippen LogP contribution in [-0.2, 0) is 5.66 Å². The van der Waals surface area contributed by atoms with Crippen molar-refractivity contribution in [3.8, 4) is 34.1 Å². The molecule has 0 saturated heterocycles. The molecule has 0 amide bonds. The maximum Gasteiger partial charge on any atom is 0.397 e. The van der Waals surface area contributed by atoms with Crippen LogP contribution >= 0.6 is 0 Å². The Hall–Kier alpha value is -6.21. The molecular formula is C40H25N5O2+2. The number of aromatic nitrogens is 5. The van der Waals surface area contributed by atoms with Gasteiger partial charge in [0.2, 0.25) is 11.4 Å². The molecule has 0 saturated carbocycles. The average molecular weight is 608 g/mol. The number of hydrogen-bond acceptors (Lipinski definition) is 3. The largest absolute Gasteiger partial charge is 0.456 e. The molecular weight excluding hydrogens is 582 g/mol. The molecule has 47 heavy (non-hydrogen) atoms. The maximum atomic E-state index is 6.84. The van der Waals surface area contributed by atoms with Crippen molar-refractivity contribution in [2.75, 3.05) is 0 Å². The highest BCUT2D eigenvalue weighted by Crippen LogP contribution is 2.56. The van der Waals surface area contributed by atoms with Crippen molar-refractivity contribution >= 4 is 43.9 Å². The van der Waals surface area contributed by atoms with Crippen LogP contribution in [0.1, 0.15) is 22.5 Å². The molecule has 9 aromatic rings. The topological polar surface area (TPSA) is 52.9 Å². The molecule has 7 heteroatoms. The van der Waals surface area contributed by atoms with Crippen LogP contribution in [0.4, 0.5) is 0 Å². The van der Waals surface area contributed by atoms with Crippen LogP contribution < -0.4 is 14.0 Å². The predicted molar refractivity (Wildman–Crippen MR) is 179 cm³/mol. The number of nitrogens with zero attached hydrogens (tertiary/aromatic N) is 5. The second kappa shape index (κ2) is 7.77. The molecule has 0 aliphatic carbocycles. The van der Waals surface area contributed by atoms with Gasteiger partial charge in [-0.15, -0.1) is 4.68 Å². The van der Waals surface area contributed by atoms with Crippen LogP contribution in [0.2, 0.25) is 0 Å². The van der Waals surface area contributed by atoms with Crippen LogP contribution in [0, 0.1) is 13.8 Å². The summed E-state index contributed by atoms with van der Waals surface area (Å²) >= 11 is 0. The molecule has 4 aromatic carbocycles. The van der Waals surface area contributed by atoms with Crippen molar-refractivity contribution in [2.24, 2.45) is 0 Å². The lowest BCUT2D eigenvalue weighted by Crippen LogP contribution is -2.77. The second-order valence-electron chi connectivity index (χ2n) is 12.9. The van der Waals surface area contributed by atoms with Crippen molar-refractivity contribution in [1.82, 2.24) is 14.2 Å². The summed E-state index contributed by atoms with van der Waals surface area (Å²) in [6.07, 6.45) is 4.19. The molecule has 1 unspecified atom stereocenters. The number of ether oxygens (including phenoxy) is 1. The number of fused-ring (bicyclic) bond motifs is 10. The van der Waals surface area contributed by atoms with Gasteiger partial charge in [0.25, 0.3) is 5.82 Å². The second-order valence-corrected chi connectivity index (χ2v) is 12.9. The summed E-state index contributed by atoms with van der Waals surface area (Å²) < 4.78 is 22.7. The fraction of sp³-hybridized carbons (Fsp3) is 0.0750. The maximum absolute atomic E-state index is 6.84. The molecule has 220 valence electrons. The molecule has 5 aromatic heterocycles. The van der Waals surface area contributed by atoms with E-state index in [4.69, 9.17) is 14.1 Å². The minimum Gasteiger partial charge on any atom is -0.456 e. The zero-order valence-electron chi connectivity index (χ0n) is 25.5. The summed E-state index contributed by atoms with van der Waals surface area (Å²) in [5.74, 6) is 2.87. The summed E-state index contributed by atoms with van der Waals surface area (Å²) in [6, 6.07) is 36.5. The van der Waals surface area contributed by atoms with Gasteiger partial charge in [0, 0.05) is 46.3 Å². The van der Waals surface area contributed by atoms with Gasteiger partial charge in [-0.2, -0.15) is 9.13 Å². The van der Waals surface area contributed by atoms with Crippen molar-refractivity contribution in [3.63, 3.8) is 0 Å². The lowest BCUT2D eigenvalue weighted by molar-refractivity contribution is -0.995. The van der Waals surface area contributed by atoms with Gasteiger partial charge in [0.15, 0.2) is 11.1 Å². The van der Waals surface area contributed by atoms with Crippen molar-refractivity contribution in [2.45, 2.75) is 19.5 Å². The van der Waals surface area contributed by atoms with E-state index in [2.05, 4.69) is 130 Å². The molecule has 3 aliphatic heterocycles. The van der Waals surface area contributed by atoms with E-state index in [0.29, 0.717) is 5.71 Å². The first kappa shape index (κ1) is 24.1. The van der Waals surface area contributed by atoms with Gasteiger partial charge in [-0.05, 0) is 61.5 Å². The lowest BCUT2D eigenvalue weighted by atomic mass is 9.84. The van der Waals surface area contributed by atoms with E-state index in [0.717, 1.165) is 67.4 Å². The molecule has 8 heterocycles. The van der Waals surface area contributed by atoms with E-state index in [1.807, 2.05) is 18.3 Å². The number of pyridine rings is 2. The third-order valence-corrected chi connectivity index (χ3v) is 10.8. The third kappa shape index (κ3) is 2.50. The third-order valence-electron chi connectivity index (χ3n) is 10.8. The number of rotatable bonds is 1. The molecule has 1 atom stereocenters. The Morgan fingerprint density at radius 1 is 0.745 bits per heavy atom. The summed E-state index contributed by atoms with van der Waals surface area (Å²) in [4.78, 5) is 4.84. The Kier molecular flexibility index (Phi) is 3.98. The highest BCUT2D eigenvalue weighted by atomic mass is 16.5. The Balaban J connectivity index is 1.27. The first-order valence-electron chi connectivity index (χ1n) is 16.0. The zero-order valence-corrected chi connectivity index (χ0v) is 25.5. The van der Waals surface area contributed by atoms with Gasteiger partial charge in [0.05, 0.1) is 17.5 Å². The first-order chi connectivity index (χ1) is 23.2. The van der Waals surface area contributed by atoms with Gasteiger partial charge in [-0.1, -0.05) is 47.1 Å². The van der Waals surface area contributed by atoms with Crippen molar-refractivity contribution in [3.05, 3.63) is 138 Å². The van der Waals surface area contributed by atoms with E-state index in [1.54, 1.807) is 0 Å². The summed E-state index contributed by atoms with van der Waals surface area (Å²) in [5, 5.41) is 4.55. The normalized spacial score (nSPS) is 16.6. The first-order valence-corrected chi connectivity index (χ1v) is 16.0. The molecule has 0 N–H and O–H groups in total. The number of para-hydroxylation sites is 2. The molecule has 7 nitrogen and oxygen atoms in total. The Morgan fingerprint density at radius 2 is 1.57 bits per heavy atom. The zero-order chi connectivity index (χ0) is 30.8. The van der Waals surface area contributed by atoms with Gasteiger partial charge in [-0.25, -0.2) is 4.98 Å². The molecule has 0 radical (unpaired) electrons. The van der Waals surface area contributed by atoms with Crippen LogP contribution in [-0.4, -0.2) is 14.2 Å². The number of benzene rings is 4.